The number of phenols is 1. The van der Waals surface area contributed by atoms with Crippen molar-refractivity contribution in [1.29, 1.82) is 0 Å². The number of benzene rings is 6. The van der Waals surface area contributed by atoms with Gasteiger partial charge in [0.15, 0.2) is 5.58 Å². The summed E-state index contributed by atoms with van der Waals surface area (Å²) in [6.45, 7) is 0.567. The van der Waals surface area contributed by atoms with Gasteiger partial charge in [-0.2, -0.15) is 0 Å². The smallest absolute Gasteiger partial charge is 0.162 e. The molecule has 0 unspecified atom stereocenters. The van der Waals surface area contributed by atoms with Crippen LogP contribution in [0.3, 0.4) is 0 Å². The lowest BCUT2D eigenvalue weighted by Gasteiger charge is -2.19. The Bertz CT molecular complexity index is 2460. The summed E-state index contributed by atoms with van der Waals surface area (Å²) in [7, 11) is 0. The van der Waals surface area contributed by atoms with Crippen molar-refractivity contribution in [1.82, 2.24) is 14.9 Å². The SMILES string of the molecule is Oc1c(CCc2cccc(-c3nccn3-c3c(-c4ccccc4)cccc3-c3ccccc3)c2)cc2c(oc3ccccc32)c1N1C=CNC1. The molecular weight excluding hydrogens is 617 g/mol. The van der Waals surface area contributed by atoms with Crippen LogP contribution in [-0.2, 0) is 12.8 Å². The van der Waals surface area contributed by atoms with E-state index in [1.54, 1.807) is 0 Å². The third-order valence-corrected chi connectivity index (χ3v) is 9.57. The fourth-order valence-corrected chi connectivity index (χ4v) is 7.19. The topological polar surface area (TPSA) is 66.5 Å². The minimum absolute atomic E-state index is 0.252. The predicted molar refractivity (Wildman–Crippen MR) is 202 cm³/mol. The summed E-state index contributed by atoms with van der Waals surface area (Å²) >= 11 is 0. The number of nitrogens with one attached hydrogen (secondary N) is 1. The summed E-state index contributed by atoms with van der Waals surface area (Å²) in [4.78, 5) is 6.91. The van der Waals surface area contributed by atoms with Crippen molar-refractivity contribution in [2.24, 2.45) is 0 Å². The Balaban J connectivity index is 1.10. The predicted octanol–water partition coefficient (Wildman–Crippen LogP) is 10.1. The van der Waals surface area contributed by atoms with Crippen LogP contribution in [0.25, 0.3) is 61.3 Å². The molecule has 242 valence electrons. The first-order valence-electron chi connectivity index (χ1n) is 16.9. The maximum absolute atomic E-state index is 11.7. The van der Waals surface area contributed by atoms with Crippen molar-refractivity contribution in [2.45, 2.75) is 12.8 Å². The van der Waals surface area contributed by atoms with Gasteiger partial charge < -0.3 is 19.7 Å². The molecule has 6 nitrogen and oxygen atoms in total. The average Bonchev–Trinajstić information content (AvgIpc) is 3.96. The number of phenolic OH excluding ortho intramolecular Hbond substituents is 1. The third kappa shape index (κ3) is 5.18. The van der Waals surface area contributed by atoms with Gasteiger partial charge in [0.05, 0.1) is 12.4 Å². The number of hydrogen-bond donors (Lipinski definition) is 2. The van der Waals surface area contributed by atoms with E-state index in [9.17, 15) is 5.11 Å². The van der Waals surface area contributed by atoms with E-state index in [0.29, 0.717) is 24.4 Å². The number of rotatable bonds is 8. The minimum Gasteiger partial charge on any atom is -0.505 e. The summed E-state index contributed by atoms with van der Waals surface area (Å²) in [5.41, 5.74) is 10.9. The van der Waals surface area contributed by atoms with E-state index >= 15 is 0 Å². The van der Waals surface area contributed by atoms with Crippen molar-refractivity contribution < 1.29 is 9.52 Å². The van der Waals surface area contributed by atoms with Gasteiger partial charge >= 0.3 is 0 Å². The van der Waals surface area contributed by atoms with Gasteiger partial charge in [-0.05, 0) is 53.3 Å². The number of aromatic nitrogens is 2. The molecule has 2 aromatic heterocycles. The van der Waals surface area contributed by atoms with Crippen LogP contribution in [0, 0.1) is 0 Å². The minimum atomic E-state index is 0.252. The van der Waals surface area contributed by atoms with Crippen molar-refractivity contribution >= 4 is 27.6 Å². The van der Waals surface area contributed by atoms with Gasteiger partial charge in [-0.25, -0.2) is 4.98 Å². The molecule has 0 amide bonds. The number of imidazole rings is 1. The van der Waals surface area contributed by atoms with Crippen LogP contribution in [-0.4, -0.2) is 21.3 Å². The van der Waals surface area contributed by atoms with Crippen LogP contribution in [0.15, 0.2) is 163 Å². The Morgan fingerprint density at radius 3 is 2.12 bits per heavy atom. The van der Waals surface area contributed by atoms with E-state index in [0.717, 1.165) is 73.2 Å². The molecule has 6 heteroatoms. The summed E-state index contributed by atoms with van der Waals surface area (Å²) in [6, 6.07) is 46.3. The highest BCUT2D eigenvalue weighted by atomic mass is 16.3. The van der Waals surface area contributed by atoms with Crippen molar-refractivity contribution in [2.75, 3.05) is 11.6 Å². The van der Waals surface area contributed by atoms with Crippen LogP contribution in [0.2, 0.25) is 0 Å². The molecule has 3 heterocycles. The number of aromatic hydroxyl groups is 1. The van der Waals surface area contributed by atoms with Gasteiger partial charge in [0.1, 0.15) is 22.8 Å². The second kappa shape index (κ2) is 12.5. The molecule has 0 aliphatic carbocycles. The Labute approximate surface area is 290 Å². The molecule has 0 atom stereocenters. The summed E-state index contributed by atoms with van der Waals surface area (Å²) in [6.07, 6.45) is 9.16. The molecule has 0 spiro atoms. The molecule has 2 N–H and O–H groups in total. The van der Waals surface area contributed by atoms with E-state index < -0.39 is 0 Å². The van der Waals surface area contributed by atoms with Gasteiger partial charge in [-0.3, -0.25) is 4.57 Å². The molecule has 1 aliphatic rings. The van der Waals surface area contributed by atoms with Gasteiger partial charge in [0.25, 0.3) is 0 Å². The maximum Gasteiger partial charge on any atom is 0.162 e. The highest BCUT2D eigenvalue weighted by Crippen LogP contribution is 2.44. The van der Waals surface area contributed by atoms with Crippen LogP contribution >= 0.6 is 0 Å². The summed E-state index contributed by atoms with van der Waals surface area (Å²) in [5.74, 6) is 1.12. The van der Waals surface area contributed by atoms with Gasteiger partial charge in [-0.1, -0.05) is 115 Å². The molecule has 0 radical (unpaired) electrons. The molecule has 0 saturated carbocycles. The highest BCUT2D eigenvalue weighted by molar-refractivity contribution is 6.10. The van der Waals surface area contributed by atoms with E-state index in [-0.39, 0.29) is 5.75 Å². The Kier molecular flexibility index (Phi) is 7.39. The molecule has 9 rings (SSSR count). The fourth-order valence-electron chi connectivity index (χ4n) is 7.19. The highest BCUT2D eigenvalue weighted by Gasteiger charge is 2.23. The average molecular weight is 651 g/mol. The summed E-state index contributed by atoms with van der Waals surface area (Å²) < 4.78 is 8.52. The molecule has 50 heavy (non-hydrogen) atoms. The van der Waals surface area contributed by atoms with E-state index in [4.69, 9.17) is 9.40 Å². The number of hydrogen-bond acceptors (Lipinski definition) is 5. The zero-order valence-corrected chi connectivity index (χ0v) is 27.3. The molecule has 0 fully saturated rings. The van der Waals surface area contributed by atoms with Gasteiger partial charge in [-0.15, -0.1) is 0 Å². The molecule has 6 aromatic carbocycles. The second-order valence-electron chi connectivity index (χ2n) is 12.6. The van der Waals surface area contributed by atoms with E-state index in [1.165, 1.54) is 0 Å². The van der Waals surface area contributed by atoms with Gasteiger partial charge in [0.2, 0.25) is 0 Å². The molecule has 8 aromatic rings. The number of aryl methyl sites for hydroxylation is 2. The van der Waals surface area contributed by atoms with Crippen molar-refractivity contribution in [3.05, 3.63) is 169 Å². The number of fused-ring (bicyclic) bond motifs is 3. The standard InChI is InChI=1S/C44H34N4O2/c49-42-33(28-38-37-17-7-8-20-39(37)50-43(38)41(42)47-25-23-45-29-47)22-21-30-11-9-16-34(27-30)44-46-24-26-48(44)40-35(31-12-3-1-4-13-31)18-10-19-36(40)32-14-5-2-6-15-32/h1-20,23-28,45,49H,21-22,29H2. The maximum atomic E-state index is 11.7. The number of nitrogens with zero attached hydrogens (tertiary/aromatic N) is 3. The molecule has 0 saturated heterocycles. The van der Waals surface area contributed by atoms with Crippen molar-refractivity contribution in [3.8, 4) is 45.1 Å². The van der Waals surface area contributed by atoms with E-state index in [1.807, 2.05) is 41.7 Å². The Hall–Kier alpha value is -6.53. The largest absolute Gasteiger partial charge is 0.505 e. The zero-order valence-electron chi connectivity index (χ0n) is 27.3. The lowest BCUT2D eigenvalue weighted by Crippen LogP contribution is -2.20. The molecule has 0 bridgehead atoms. The van der Waals surface area contributed by atoms with Crippen LogP contribution in [0.5, 0.6) is 5.75 Å². The van der Waals surface area contributed by atoms with Crippen LogP contribution in [0.1, 0.15) is 11.1 Å². The Morgan fingerprint density at radius 1 is 0.680 bits per heavy atom. The lowest BCUT2D eigenvalue weighted by molar-refractivity contribution is 0.467. The summed E-state index contributed by atoms with van der Waals surface area (Å²) in [5, 5.41) is 16.9. The quantitative estimate of drug-likeness (QED) is 0.171. The first kappa shape index (κ1) is 29.6. The lowest BCUT2D eigenvalue weighted by atomic mass is 9.95. The Morgan fingerprint density at radius 2 is 1.38 bits per heavy atom. The third-order valence-electron chi connectivity index (χ3n) is 9.57. The monoisotopic (exact) mass is 650 g/mol. The number of furan rings is 1. The van der Waals surface area contributed by atoms with Gasteiger partial charge in [0, 0.05) is 52.3 Å². The molecule has 1 aliphatic heterocycles. The first-order chi connectivity index (χ1) is 24.7. The van der Waals surface area contributed by atoms with Crippen LogP contribution in [0.4, 0.5) is 5.69 Å². The zero-order chi connectivity index (χ0) is 33.4. The van der Waals surface area contributed by atoms with Crippen LogP contribution < -0.4 is 10.2 Å². The normalized spacial score (nSPS) is 12.6. The fraction of sp³-hybridized carbons (Fsp3) is 0.0682. The second-order valence-corrected chi connectivity index (χ2v) is 12.6. The number of para-hydroxylation sites is 2. The molecular formula is C44H34N4O2. The van der Waals surface area contributed by atoms with Crippen molar-refractivity contribution in [3.63, 3.8) is 0 Å². The first-order valence-corrected chi connectivity index (χ1v) is 16.9. The number of anilines is 1. The van der Waals surface area contributed by atoms with E-state index in [2.05, 4.69) is 131 Å².